The van der Waals surface area contributed by atoms with E-state index in [4.69, 9.17) is 11.6 Å². The Labute approximate surface area is 160 Å². The number of hydrogen-bond acceptors (Lipinski definition) is 3. The van der Waals surface area contributed by atoms with Crippen LogP contribution in [0.15, 0.2) is 57.9 Å². The zero-order chi connectivity index (χ0) is 18.0. The fourth-order valence-corrected chi connectivity index (χ4v) is 5.25. The maximum absolute atomic E-state index is 12.9. The largest absolute Gasteiger partial charge is 0.335 e. The van der Waals surface area contributed by atoms with E-state index in [2.05, 4.69) is 15.9 Å². The summed E-state index contributed by atoms with van der Waals surface area (Å²) in [5, 5.41) is 0.366. The normalized spacial score (nSPS) is 17.7. The minimum atomic E-state index is -3.45. The Morgan fingerprint density at radius 3 is 2.64 bits per heavy atom. The molecule has 0 radical (unpaired) electrons. The van der Waals surface area contributed by atoms with Gasteiger partial charge in [0.15, 0.2) is 9.84 Å². The van der Waals surface area contributed by atoms with Gasteiger partial charge in [-0.3, -0.25) is 4.79 Å². The third kappa shape index (κ3) is 4.07. The maximum Gasteiger partial charge on any atom is 0.255 e. The highest BCUT2D eigenvalue weighted by Gasteiger charge is 2.34. The summed E-state index contributed by atoms with van der Waals surface area (Å²) in [6.07, 6.45) is 1.45. The summed E-state index contributed by atoms with van der Waals surface area (Å²) in [6, 6.07) is 13.1. The van der Waals surface area contributed by atoms with Crippen molar-refractivity contribution < 1.29 is 13.2 Å². The van der Waals surface area contributed by atoms with Crippen LogP contribution in [0.1, 0.15) is 23.2 Å². The Bertz CT molecular complexity index is 886. The smallest absolute Gasteiger partial charge is 0.255 e. The molecule has 25 heavy (non-hydrogen) atoms. The van der Waals surface area contributed by atoms with Gasteiger partial charge < -0.3 is 4.90 Å². The fraction of sp³-hybridized carbons (Fsp3) is 0.278. The van der Waals surface area contributed by atoms with Crippen LogP contribution in [0.4, 0.5) is 0 Å². The third-order valence-corrected chi connectivity index (χ3v) is 6.95. The number of sulfone groups is 1. The molecule has 0 spiro atoms. The topological polar surface area (TPSA) is 54.5 Å². The van der Waals surface area contributed by atoms with Crippen molar-refractivity contribution in [1.82, 2.24) is 4.90 Å². The summed E-state index contributed by atoms with van der Waals surface area (Å²) in [7, 11) is -3.45. The van der Waals surface area contributed by atoms with Crippen molar-refractivity contribution >= 4 is 43.3 Å². The van der Waals surface area contributed by atoms with Gasteiger partial charge in [0.1, 0.15) is 0 Å². The molecule has 0 N–H and O–H groups in total. The van der Waals surface area contributed by atoms with Gasteiger partial charge in [-0.05, 0) is 43.2 Å². The predicted octanol–water partition coefficient (Wildman–Crippen LogP) is 4.18. The van der Waals surface area contributed by atoms with Crippen LogP contribution in [0, 0.1) is 0 Å². The first-order chi connectivity index (χ1) is 11.9. The summed E-state index contributed by atoms with van der Waals surface area (Å²) in [5.74, 6) is -0.300. The van der Waals surface area contributed by atoms with Gasteiger partial charge in [-0.15, -0.1) is 0 Å². The van der Waals surface area contributed by atoms with Crippen LogP contribution < -0.4 is 0 Å². The lowest BCUT2D eigenvalue weighted by Gasteiger charge is -2.25. The first kappa shape index (κ1) is 18.4. The average Bonchev–Trinajstić information content (AvgIpc) is 3.04. The van der Waals surface area contributed by atoms with E-state index >= 15 is 0 Å². The molecular weight excluding hydrogens is 426 g/mol. The highest BCUT2D eigenvalue weighted by atomic mass is 79.9. The SMILES string of the molecule is O=C(c1cc(Br)ccc1Cl)N1CCCC1CS(=O)(=O)c1ccccc1. The van der Waals surface area contributed by atoms with E-state index in [0.29, 0.717) is 23.6 Å². The van der Waals surface area contributed by atoms with Crippen molar-refractivity contribution in [1.29, 1.82) is 0 Å². The van der Waals surface area contributed by atoms with Crippen LogP contribution in [0.2, 0.25) is 5.02 Å². The second-order valence-corrected chi connectivity index (χ2v) is 9.37. The number of carbonyl (C=O) groups excluding carboxylic acids is 1. The number of benzene rings is 2. The molecule has 132 valence electrons. The fourth-order valence-electron chi connectivity index (χ4n) is 3.07. The molecule has 0 aromatic heterocycles. The van der Waals surface area contributed by atoms with E-state index in [1.165, 1.54) is 0 Å². The zero-order valence-corrected chi connectivity index (χ0v) is 16.5. The number of nitrogens with zero attached hydrogens (tertiary/aromatic N) is 1. The van der Waals surface area contributed by atoms with E-state index in [1.807, 2.05) is 0 Å². The van der Waals surface area contributed by atoms with Gasteiger partial charge in [0.25, 0.3) is 5.91 Å². The summed E-state index contributed by atoms with van der Waals surface area (Å²) in [5.41, 5.74) is 0.389. The van der Waals surface area contributed by atoms with Crippen LogP contribution in [-0.2, 0) is 9.84 Å². The lowest BCUT2D eigenvalue weighted by atomic mass is 10.2. The van der Waals surface area contributed by atoms with Gasteiger partial charge in [0.05, 0.1) is 21.2 Å². The molecule has 0 saturated carbocycles. The quantitative estimate of drug-likeness (QED) is 0.714. The van der Waals surface area contributed by atoms with Gasteiger partial charge in [0, 0.05) is 17.1 Å². The highest BCUT2D eigenvalue weighted by molar-refractivity contribution is 9.10. The Hall–Kier alpha value is -1.37. The molecule has 3 rings (SSSR count). The van der Waals surface area contributed by atoms with Gasteiger partial charge in [0.2, 0.25) is 0 Å². The molecule has 7 heteroatoms. The Morgan fingerprint density at radius 1 is 1.20 bits per heavy atom. The van der Waals surface area contributed by atoms with Crippen molar-refractivity contribution in [2.45, 2.75) is 23.8 Å². The first-order valence-corrected chi connectivity index (χ1v) is 10.7. The molecule has 2 aromatic rings. The van der Waals surface area contributed by atoms with Crippen LogP contribution in [0.25, 0.3) is 0 Å². The average molecular weight is 443 g/mol. The summed E-state index contributed by atoms with van der Waals surface area (Å²) in [4.78, 5) is 14.8. The van der Waals surface area contributed by atoms with Gasteiger partial charge in [-0.2, -0.15) is 0 Å². The molecular formula is C18H17BrClNO3S. The Morgan fingerprint density at radius 2 is 1.92 bits per heavy atom. The predicted molar refractivity (Wildman–Crippen MR) is 102 cm³/mol. The van der Waals surface area contributed by atoms with Crippen molar-refractivity contribution in [2.24, 2.45) is 0 Å². The zero-order valence-electron chi connectivity index (χ0n) is 13.4. The minimum Gasteiger partial charge on any atom is -0.335 e. The molecule has 1 aliphatic rings. The molecule has 4 nitrogen and oxygen atoms in total. The van der Waals surface area contributed by atoms with Crippen LogP contribution in [0.5, 0.6) is 0 Å². The second-order valence-electron chi connectivity index (χ2n) is 6.01. The van der Waals surface area contributed by atoms with Gasteiger partial charge >= 0.3 is 0 Å². The van der Waals surface area contributed by atoms with Crippen molar-refractivity contribution in [3.05, 3.63) is 63.6 Å². The molecule has 1 fully saturated rings. The first-order valence-electron chi connectivity index (χ1n) is 7.92. The molecule has 1 atom stereocenters. The number of carbonyl (C=O) groups is 1. The minimum absolute atomic E-state index is 0.0750. The van der Waals surface area contributed by atoms with E-state index in [1.54, 1.807) is 53.4 Å². The standard InChI is InChI=1S/C18H17BrClNO3S/c19-13-8-9-17(20)16(11-13)18(22)21-10-4-5-14(21)12-25(23,24)15-6-2-1-3-7-15/h1-3,6-9,11,14H,4-5,10,12H2. The number of amides is 1. The van der Waals surface area contributed by atoms with Crippen LogP contribution in [-0.4, -0.2) is 37.6 Å². The van der Waals surface area contributed by atoms with E-state index < -0.39 is 9.84 Å². The molecule has 1 amide bonds. The molecule has 0 aliphatic carbocycles. The molecule has 1 unspecified atom stereocenters. The van der Waals surface area contributed by atoms with Crippen molar-refractivity contribution in [3.63, 3.8) is 0 Å². The second kappa shape index (κ2) is 7.48. The summed E-state index contributed by atoms with van der Waals surface area (Å²) in [6.45, 7) is 0.538. The molecule has 1 saturated heterocycles. The number of halogens is 2. The lowest BCUT2D eigenvalue weighted by Crippen LogP contribution is -2.39. The molecule has 1 heterocycles. The maximum atomic E-state index is 12.9. The highest BCUT2D eigenvalue weighted by Crippen LogP contribution is 2.28. The Kier molecular flexibility index (Phi) is 5.51. The molecule has 2 aromatic carbocycles. The number of rotatable bonds is 4. The van der Waals surface area contributed by atoms with Gasteiger partial charge in [-0.25, -0.2) is 8.42 Å². The van der Waals surface area contributed by atoms with E-state index in [-0.39, 0.29) is 22.6 Å². The van der Waals surface area contributed by atoms with Crippen molar-refractivity contribution in [2.75, 3.05) is 12.3 Å². The summed E-state index contributed by atoms with van der Waals surface area (Å²) >= 11 is 9.50. The third-order valence-electron chi connectivity index (χ3n) is 4.31. The van der Waals surface area contributed by atoms with Crippen LogP contribution in [0.3, 0.4) is 0 Å². The number of likely N-dealkylation sites (tertiary alicyclic amines) is 1. The molecule has 1 aliphatic heterocycles. The monoisotopic (exact) mass is 441 g/mol. The summed E-state index contributed by atoms with van der Waals surface area (Å²) < 4.78 is 26.0. The number of hydrogen-bond donors (Lipinski definition) is 0. The Balaban J connectivity index is 1.83. The van der Waals surface area contributed by atoms with E-state index in [0.717, 1.165) is 10.9 Å². The molecule has 0 bridgehead atoms. The van der Waals surface area contributed by atoms with E-state index in [9.17, 15) is 13.2 Å². The van der Waals surface area contributed by atoms with Gasteiger partial charge in [-0.1, -0.05) is 45.7 Å². The lowest BCUT2D eigenvalue weighted by molar-refractivity contribution is 0.0749. The van der Waals surface area contributed by atoms with Crippen molar-refractivity contribution in [3.8, 4) is 0 Å². The van der Waals surface area contributed by atoms with Crippen LogP contribution >= 0.6 is 27.5 Å².